The normalized spacial score (nSPS) is 10.7. The van der Waals surface area contributed by atoms with Crippen LogP contribution < -0.4 is 5.32 Å². The molecule has 8 heteroatoms. The van der Waals surface area contributed by atoms with Crippen LogP contribution >= 0.6 is 0 Å². The highest BCUT2D eigenvalue weighted by atomic mass is 16.2. The fourth-order valence-corrected chi connectivity index (χ4v) is 2.16. The van der Waals surface area contributed by atoms with Crippen molar-refractivity contribution < 1.29 is 4.79 Å². The standard InChI is InChI=1S/C14H23N7O/c1-19-10-8-15-12(19)5-4-9-20(2)14(22)16-7-6-13-18-17-11-21(13)3/h8,10-11H,4-7,9H2,1-3H3,(H,16,22). The lowest BCUT2D eigenvalue weighted by Crippen LogP contribution is -2.39. The maximum absolute atomic E-state index is 12.0. The Labute approximate surface area is 130 Å². The van der Waals surface area contributed by atoms with E-state index in [2.05, 4.69) is 20.5 Å². The molecule has 0 aliphatic heterocycles. The van der Waals surface area contributed by atoms with Gasteiger partial charge in [-0.3, -0.25) is 0 Å². The van der Waals surface area contributed by atoms with Gasteiger partial charge in [0.1, 0.15) is 18.0 Å². The Kier molecular flexibility index (Phi) is 5.51. The molecule has 0 saturated carbocycles. The van der Waals surface area contributed by atoms with E-state index in [0.717, 1.165) is 24.5 Å². The van der Waals surface area contributed by atoms with Crippen molar-refractivity contribution in [1.29, 1.82) is 0 Å². The maximum atomic E-state index is 12.0. The van der Waals surface area contributed by atoms with Crippen molar-refractivity contribution in [2.75, 3.05) is 20.1 Å². The van der Waals surface area contributed by atoms with Crippen LogP contribution in [0.4, 0.5) is 4.79 Å². The van der Waals surface area contributed by atoms with Gasteiger partial charge in [-0.2, -0.15) is 0 Å². The molecule has 8 nitrogen and oxygen atoms in total. The first-order chi connectivity index (χ1) is 10.6. The molecule has 2 rings (SSSR count). The Morgan fingerprint density at radius 3 is 2.73 bits per heavy atom. The van der Waals surface area contributed by atoms with Crippen molar-refractivity contribution in [1.82, 2.24) is 34.5 Å². The number of hydrogen-bond donors (Lipinski definition) is 1. The largest absolute Gasteiger partial charge is 0.338 e. The van der Waals surface area contributed by atoms with Gasteiger partial charge < -0.3 is 19.4 Å². The zero-order chi connectivity index (χ0) is 15.9. The van der Waals surface area contributed by atoms with Crippen molar-refractivity contribution in [3.8, 4) is 0 Å². The molecular weight excluding hydrogens is 282 g/mol. The zero-order valence-corrected chi connectivity index (χ0v) is 13.4. The molecule has 0 saturated heterocycles. The van der Waals surface area contributed by atoms with Crippen LogP contribution in [0.25, 0.3) is 0 Å². The Hall–Kier alpha value is -2.38. The molecule has 1 N–H and O–H groups in total. The van der Waals surface area contributed by atoms with Crippen molar-refractivity contribution in [3.63, 3.8) is 0 Å². The van der Waals surface area contributed by atoms with E-state index >= 15 is 0 Å². The minimum atomic E-state index is -0.0676. The second kappa shape index (κ2) is 7.58. The molecule has 120 valence electrons. The third-order valence-electron chi connectivity index (χ3n) is 3.59. The van der Waals surface area contributed by atoms with Crippen LogP contribution in [-0.2, 0) is 26.9 Å². The summed E-state index contributed by atoms with van der Waals surface area (Å²) in [5.41, 5.74) is 0. The average molecular weight is 305 g/mol. The number of imidazole rings is 1. The number of aromatic nitrogens is 5. The molecule has 0 bridgehead atoms. The summed E-state index contributed by atoms with van der Waals surface area (Å²) in [5, 5.41) is 10.7. The smallest absolute Gasteiger partial charge is 0.317 e. The second-order valence-corrected chi connectivity index (χ2v) is 5.32. The maximum Gasteiger partial charge on any atom is 0.317 e. The molecule has 0 unspecified atom stereocenters. The number of carbonyl (C=O) groups is 1. The predicted molar refractivity (Wildman–Crippen MR) is 82.3 cm³/mol. The van der Waals surface area contributed by atoms with Crippen LogP contribution in [0.15, 0.2) is 18.7 Å². The van der Waals surface area contributed by atoms with Gasteiger partial charge in [0.2, 0.25) is 0 Å². The molecule has 22 heavy (non-hydrogen) atoms. The second-order valence-electron chi connectivity index (χ2n) is 5.32. The highest BCUT2D eigenvalue weighted by Gasteiger charge is 2.09. The van der Waals surface area contributed by atoms with Crippen LogP contribution in [0.1, 0.15) is 18.1 Å². The topological polar surface area (TPSA) is 80.9 Å². The minimum absolute atomic E-state index is 0.0676. The number of hydrogen-bond acceptors (Lipinski definition) is 4. The third-order valence-corrected chi connectivity index (χ3v) is 3.59. The molecule has 2 amide bonds. The highest BCUT2D eigenvalue weighted by molar-refractivity contribution is 5.73. The lowest BCUT2D eigenvalue weighted by atomic mass is 10.3. The van der Waals surface area contributed by atoms with Gasteiger partial charge in [-0.05, 0) is 6.42 Å². The number of nitrogens with zero attached hydrogens (tertiary/aromatic N) is 6. The Morgan fingerprint density at radius 1 is 1.27 bits per heavy atom. The summed E-state index contributed by atoms with van der Waals surface area (Å²) in [4.78, 5) is 17.9. The number of aryl methyl sites for hydroxylation is 3. The molecule has 0 radical (unpaired) electrons. The predicted octanol–water partition coefficient (Wildman–Crippen LogP) is 0.365. The average Bonchev–Trinajstić information content (AvgIpc) is 3.08. The van der Waals surface area contributed by atoms with Crippen LogP contribution in [0.3, 0.4) is 0 Å². The van der Waals surface area contributed by atoms with Gasteiger partial charge in [0.05, 0.1) is 0 Å². The van der Waals surface area contributed by atoms with E-state index in [0.29, 0.717) is 19.5 Å². The fourth-order valence-electron chi connectivity index (χ4n) is 2.16. The van der Waals surface area contributed by atoms with Gasteiger partial charge in [-0.25, -0.2) is 9.78 Å². The lowest BCUT2D eigenvalue weighted by molar-refractivity contribution is 0.208. The molecule has 0 aliphatic rings. The number of urea groups is 1. The number of amides is 2. The van der Waals surface area contributed by atoms with Gasteiger partial charge in [0.25, 0.3) is 0 Å². The van der Waals surface area contributed by atoms with Crippen LogP contribution in [0.2, 0.25) is 0 Å². The van der Waals surface area contributed by atoms with E-state index in [1.54, 1.807) is 24.5 Å². The summed E-state index contributed by atoms with van der Waals surface area (Å²) in [5.74, 6) is 1.90. The molecular formula is C14H23N7O. The summed E-state index contributed by atoms with van der Waals surface area (Å²) in [6.45, 7) is 1.25. The minimum Gasteiger partial charge on any atom is -0.338 e. The van der Waals surface area contributed by atoms with Crippen LogP contribution in [0.5, 0.6) is 0 Å². The highest BCUT2D eigenvalue weighted by Crippen LogP contribution is 2.00. The first-order valence-corrected chi connectivity index (χ1v) is 7.36. The van der Waals surface area contributed by atoms with Gasteiger partial charge in [-0.15, -0.1) is 10.2 Å². The van der Waals surface area contributed by atoms with E-state index in [9.17, 15) is 4.79 Å². The fraction of sp³-hybridized carbons (Fsp3) is 0.571. The van der Waals surface area contributed by atoms with Gasteiger partial charge in [-0.1, -0.05) is 0 Å². The quantitative estimate of drug-likeness (QED) is 0.801. The monoisotopic (exact) mass is 305 g/mol. The van der Waals surface area contributed by atoms with E-state index in [-0.39, 0.29) is 6.03 Å². The first-order valence-electron chi connectivity index (χ1n) is 7.36. The number of rotatable bonds is 7. The van der Waals surface area contributed by atoms with Crippen molar-refractivity contribution in [2.24, 2.45) is 14.1 Å². The Morgan fingerprint density at radius 2 is 2.09 bits per heavy atom. The van der Waals surface area contributed by atoms with Crippen molar-refractivity contribution in [2.45, 2.75) is 19.3 Å². The van der Waals surface area contributed by atoms with Gasteiger partial charge >= 0.3 is 6.03 Å². The molecule has 0 spiro atoms. The van der Waals surface area contributed by atoms with Gasteiger partial charge in [0, 0.05) is 59.5 Å². The first kappa shape index (κ1) is 16.0. The van der Waals surface area contributed by atoms with Gasteiger partial charge in [0.15, 0.2) is 0 Å². The SMILES string of the molecule is CN(CCCc1nccn1C)C(=O)NCCc1nncn1C. The summed E-state index contributed by atoms with van der Waals surface area (Å²) in [7, 11) is 5.67. The summed E-state index contributed by atoms with van der Waals surface area (Å²) < 4.78 is 3.85. The third kappa shape index (κ3) is 4.31. The van der Waals surface area contributed by atoms with E-state index in [1.165, 1.54) is 0 Å². The summed E-state index contributed by atoms with van der Waals surface area (Å²) in [6, 6.07) is -0.0676. The Bertz CT molecular complexity index is 604. The van der Waals surface area contributed by atoms with Crippen LogP contribution in [0, 0.1) is 0 Å². The zero-order valence-electron chi connectivity index (χ0n) is 13.4. The molecule has 0 aromatic carbocycles. The Balaban J connectivity index is 1.64. The molecule has 2 heterocycles. The van der Waals surface area contributed by atoms with E-state index in [1.807, 2.05) is 29.4 Å². The van der Waals surface area contributed by atoms with Crippen LogP contribution in [-0.4, -0.2) is 55.4 Å². The molecule has 0 atom stereocenters. The van der Waals surface area contributed by atoms with Crippen molar-refractivity contribution in [3.05, 3.63) is 30.4 Å². The van der Waals surface area contributed by atoms with E-state index < -0.39 is 0 Å². The van der Waals surface area contributed by atoms with Crippen molar-refractivity contribution >= 4 is 6.03 Å². The number of nitrogens with one attached hydrogen (secondary N) is 1. The van der Waals surface area contributed by atoms with E-state index in [4.69, 9.17) is 0 Å². The molecule has 0 aliphatic carbocycles. The summed E-state index contributed by atoms with van der Waals surface area (Å²) >= 11 is 0. The number of carbonyl (C=O) groups excluding carboxylic acids is 1. The lowest BCUT2D eigenvalue weighted by Gasteiger charge is -2.17. The summed E-state index contributed by atoms with van der Waals surface area (Å²) in [6.07, 6.45) is 7.79. The molecule has 2 aromatic rings. The molecule has 2 aromatic heterocycles. The molecule has 0 fully saturated rings.